The molecule has 1 amide bonds. The van der Waals surface area contributed by atoms with Crippen molar-refractivity contribution in [2.24, 2.45) is 0 Å². The molecule has 0 radical (unpaired) electrons. The van der Waals surface area contributed by atoms with E-state index in [0.29, 0.717) is 30.2 Å². The quantitative estimate of drug-likeness (QED) is 0.891. The number of aromatic nitrogens is 2. The monoisotopic (exact) mass is 342 g/mol. The SMILES string of the molecule is O=C(NCC1CCN1C1CCOCC1)c1coc(-c2ccccn2)n1. The van der Waals surface area contributed by atoms with Gasteiger partial charge < -0.3 is 14.5 Å². The fraction of sp³-hybridized carbons (Fsp3) is 0.500. The number of rotatable bonds is 5. The predicted molar refractivity (Wildman–Crippen MR) is 91.0 cm³/mol. The van der Waals surface area contributed by atoms with Crippen LogP contribution in [0, 0.1) is 0 Å². The Labute approximate surface area is 146 Å². The maximum Gasteiger partial charge on any atom is 0.273 e. The molecule has 1 atom stereocenters. The molecule has 0 bridgehead atoms. The lowest BCUT2D eigenvalue weighted by Gasteiger charge is -2.47. The minimum Gasteiger partial charge on any atom is -0.442 e. The minimum absolute atomic E-state index is 0.204. The van der Waals surface area contributed by atoms with Crippen molar-refractivity contribution < 1.29 is 13.9 Å². The van der Waals surface area contributed by atoms with Crippen LogP contribution in [0.1, 0.15) is 29.8 Å². The summed E-state index contributed by atoms with van der Waals surface area (Å²) in [5, 5.41) is 2.98. The van der Waals surface area contributed by atoms with E-state index in [4.69, 9.17) is 9.15 Å². The van der Waals surface area contributed by atoms with E-state index in [0.717, 1.165) is 39.0 Å². The highest BCUT2D eigenvalue weighted by Crippen LogP contribution is 2.25. The number of hydrogen-bond donors (Lipinski definition) is 1. The second-order valence-electron chi connectivity index (χ2n) is 6.49. The van der Waals surface area contributed by atoms with Crippen LogP contribution in [-0.4, -0.2) is 59.2 Å². The van der Waals surface area contributed by atoms with E-state index in [2.05, 4.69) is 20.2 Å². The summed E-state index contributed by atoms with van der Waals surface area (Å²) in [5.74, 6) is 0.156. The highest BCUT2D eigenvalue weighted by Gasteiger charge is 2.34. The van der Waals surface area contributed by atoms with E-state index in [-0.39, 0.29) is 11.6 Å². The van der Waals surface area contributed by atoms with Gasteiger partial charge in [0.2, 0.25) is 5.89 Å². The first-order valence-electron chi connectivity index (χ1n) is 8.80. The molecule has 4 rings (SSSR count). The fourth-order valence-corrected chi connectivity index (χ4v) is 3.46. The molecule has 4 heterocycles. The lowest BCUT2D eigenvalue weighted by Crippen LogP contribution is -2.58. The lowest BCUT2D eigenvalue weighted by molar-refractivity contribution is -0.0222. The number of hydrogen-bond acceptors (Lipinski definition) is 6. The van der Waals surface area contributed by atoms with Crippen LogP contribution in [0.3, 0.4) is 0 Å². The maximum absolute atomic E-state index is 12.3. The number of nitrogens with zero attached hydrogens (tertiary/aromatic N) is 3. The lowest BCUT2D eigenvalue weighted by atomic mass is 9.95. The van der Waals surface area contributed by atoms with E-state index in [1.54, 1.807) is 12.3 Å². The Morgan fingerprint density at radius 1 is 1.28 bits per heavy atom. The zero-order valence-electron chi connectivity index (χ0n) is 14.1. The summed E-state index contributed by atoms with van der Waals surface area (Å²) in [6, 6.07) is 6.48. The third kappa shape index (κ3) is 3.57. The Kier molecular flexibility index (Phi) is 4.76. The van der Waals surface area contributed by atoms with Crippen LogP contribution in [0.2, 0.25) is 0 Å². The molecule has 7 nitrogen and oxygen atoms in total. The molecule has 132 valence electrons. The third-order valence-electron chi connectivity index (χ3n) is 4.97. The summed E-state index contributed by atoms with van der Waals surface area (Å²) in [5.41, 5.74) is 0.906. The van der Waals surface area contributed by atoms with E-state index in [9.17, 15) is 4.79 Å². The molecule has 2 saturated heterocycles. The molecule has 0 aromatic carbocycles. The van der Waals surface area contributed by atoms with Crippen molar-refractivity contribution in [1.29, 1.82) is 0 Å². The molecular formula is C18H22N4O3. The van der Waals surface area contributed by atoms with Crippen LogP contribution < -0.4 is 5.32 Å². The summed E-state index contributed by atoms with van der Waals surface area (Å²) in [4.78, 5) is 23.2. The maximum atomic E-state index is 12.3. The van der Waals surface area contributed by atoms with Gasteiger partial charge in [-0.3, -0.25) is 14.7 Å². The molecule has 7 heteroatoms. The van der Waals surface area contributed by atoms with Gasteiger partial charge in [-0.05, 0) is 31.4 Å². The Morgan fingerprint density at radius 2 is 2.16 bits per heavy atom. The predicted octanol–water partition coefficient (Wildman–Crippen LogP) is 1.72. The van der Waals surface area contributed by atoms with Crippen LogP contribution in [0.5, 0.6) is 0 Å². The average Bonchev–Trinajstić information content (AvgIpc) is 3.13. The van der Waals surface area contributed by atoms with Crippen molar-refractivity contribution in [3.05, 3.63) is 36.4 Å². The largest absolute Gasteiger partial charge is 0.442 e. The Hall–Kier alpha value is -2.25. The number of nitrogens with one attached hydrogen (secondary N) is 1. The number of carbonyl (C=O) groups is 1. The number of ether oxygens (including phenoxy) is 1. The molecule has 25 heavy (non-hydrogen) atoms. The van der Waals surface area contributed by atoms with E-state index >= 15 is 0 Å². The van der Waals surface area contributed by atoms with E-state index in [1.165, 1.54) is 6.26 Å². The summed E-state index contributed by atoms with van der Waals surface area (Å²) >= 11 is 0. The third-order valence-corrected chi connectivity index (χ3v) is 4.97. The van der Waals surface area contributed by atoms with Crippen molar-refractivity contribution in [1.82, 2.24) is 20.2 Å². The molecule has 2 aliphatic heterocycles. The van der Waals surface area contributed by atoms with Gasteiger partial charge in [-0.25, -0.2) is 4.98 Å². The van der Waals surface area contributed by atoms with Gasteiger partial charge >= 0.3 is 0 Å². The van der Waals surface area contributed by atoms with Crippen LogP contribution in [0.15, 0.2) is 35.1 Å². The summed E-state index contributed by atoms with van der Waals surface area (Å²) in [6.07, 6.45) is 6.34. The van der Waals surface area contributed by atoms with Crippen molar-refractivity contribution >= 4 is 5.91 Å². The van der Waals surface area contributed by atoms with Gasteiger partial charge in [-0.1, -0.05) is 6.07 Å². The van der Waals surface area contributed by atoms with Crippen LogP contribution in [0.4, 0.5) is 0 Å². The van der Waals surface area contributed by atoms with Gasteiger partial charge in [-0.15, -0.1) is 0 Å². The first-order valence-corrected chi connectivity index (χ1v) is 8.80. The molecule has 2 aliphatic rings. The van der Waals surface area contributed by atoms with Crippen molar-refractivity contribution in [3.8, 4) is 11.6 Å². The molecule has 0 saturated carbocycles. The second kappa shape index (κ2) is 7.33. The van der Waals surface area contributed by atoms with E-state index < -0.39 is 0 Å². The average molecular weight is 342 g/mol. The Morgan fingerprint density at radius 3 is 2.88 bits per heavy atom. The second-order valence-corrected chi connectivity index (χ2v) is 6.49. The zero-order valence-corrected chi connectivity index (χ0v) is 14.1. The summed E-state index contributed by atoms with van der Waals surface area (Å²) in [7, 11) is 0. The fourth-order valence-electron chi connectivity index (χ4n) is 3.46. The van der Waals surface area contributed by atoms with Crippen LogP contribution >= 0.6 is 0 Å². The molecule has 0 aliphatic carbocycles. The summed E-state index contributed by atoms with van der Waals surface area (Å²) in [6.45, 7) is 3.44. The molecule has 2 fully saturated rings. The Bertz CT molecular complexity index is 712. The van der Waals surface area contributed by atoms with Gasteiger partial charge in [0.1, 0.15) is 12.0 Å². The van der Waals surface area contributed by atoms with Crippen LogP contribution in [-0.2, 0) is 4.74 Å². The first-order chi connectivity index (χ1) is 12.3. The molecule has 2 aromatic rings. The zero-order chi connectivity index (χ0) is 17.1. The van der Waals surface area contributed by atoms with Gasteiger partial charge in [-0.2, -0.15) is 0 Å². The molecule has 2 aromatic heterocycles. The Balaban J connectivity index is 1.31. The van der Waals surface area contributed by atoms with Crippen molar-refractivity contribution in [2.75, 3.05) is 26.3 Å². The van der Waals surface area contributed by atoms with Gasteiger partial charge in [0.05, 0.1) is 0 Å². The van der Waals surface area contributed by atoms with Crippen molar-refractivity contribution in [2.45, 2.75) is 31.3 Å². The van der Waals surface area contributed by atoms with Gasteiger partial charge in [0.15, 0.2) is 5.69 Å². The highest BCUT2D eigenvalue weighted by molar-refractivity contribution is 5.92. The molecule has 1 N–H and O–H groups in total. The van der Waals surface area contributed by atoms with Gasteiger partial charge in [0, 0.05) is 44.6 Å². The smallest absolute Gasteiger partial charge is 0.273 e. The normalized spacial score (nSPS) is 21.7. The van der Waals surface area contributed by atoms with Crippen molar-refractivity contribution in [3.63, 3.8) is 0 Å². The van der Waals surface area contributed by atoms with Crippen LogP contribution in [0.25, 0.3) is 11.6 Å². The minimum atomic E-state index is -0.204. The van der Waals surface area contributed by atoms with E-state index in [1.807, 2.05) is 12.1 Å². The topological polar surface area (TPSA) is 80.5 Å². The molecule has 1 unspecified atom stereocenters. The molecular weight excluding hydrogens is 320 g/mol. The number of oxazole rings is 1. The standard InChI is InChI=1S/C18H22N4O3/c23-17(16-12-25-18(21-16)15-3-1-2-7-19-15)20-11-14-4-8-22(14)13-5-9-24-10-6-13/h1-3,7,12-14H,4-6,8-11H2,(H,20,23). The highest BCUT2D eigenvalue weighted by atomic mass is 16.5. The first kappa shape index (κ1) is 16.2. The molecule has 0 spiro atoms. The van der Waals surface area contributed by atoms with Gasteiger partial charge in [0.25, 0.3) is 5.91 Å². The summed E-state index contributed by atoms with van der Waals surface area (Å²) < 4.78 is 10.8. The number of pyridine rings is 1. The number of amides is 1. The number of likely N-dealkylation sites (tertiary alicyclic amines) is 1. The number of carbonyl (C=O) groups excluding carboxylic acids is 1.